The van der Waals surface area contributed by atoms with Gasteiger partial charge in [-0.15, -0.1) is 0 Å². The number of aryl methyl sites for hydroxylation is 1. The number of nitrogens with zero attached hydrogens (tertiary/aromatic N) is 9. The topological polar surface area (TPSA) is 89.9 Å². The van der Waals surface area contributed by atoms with Crippen LogP contribution in [0.25, 0.3) is 58.5 Å². The summed E-state index contributed by atoms with van der Waals surface area (Å²) in [4.78, 5) is 32.1. The number of rotatable bonds is 9. The van der Waals surface area contributed by atoms with E-state index in [0.717, 1.165) is 74.8 Å². The molecule has 0 amide bonds. The summed E-state index contributed by atoms with van der Waals surface area (Å²) in [5, 5.41) is 0.569. The second-order valence-electron chi connectivity index (χ2n) is 15.3. The van der Waals surface area contributed by atoms with Crippen LogP contribution in [0.1, 0.15) is 57.2 Å². The van der Waals surface area contributed by atoms with E-state index in [2.05, 4.69) is 141 Å². The van der Waals surface area contributed by atoms with Crippen molar-refractivity contribution < 1.29 is 0 Å². The van der Waals surface area contributed by atoms with Crippen LogP contribution in [-0.4, -0.2) is 46.8 Å². The van der Waals surface area contributed by atoms with E-state index in [1.807, 2.05) is 79.3 Å². The van der Waals surface area contributed by atoms with Crippen LogP contribution in [-0.2, 0) is 6.54 Å². The first-order valence-corrected chi connectivity index (χ1v) is 21.5. The maximum Gasteiger partial charge on any atom is 0.164 e. The average Bonchev–Trinajstić information content (AvgIpc) is 3.58. The third-order valence-corrected chi connectivity index (χ3v) is 11.2. The molecular formula is C54H55N9. The minimum absolute atomic E-state index is 0.137. The predicted octanol–water partition coefficient (Wildman–Crippen LogP) is 11.2. The summed E-state index contributed by atoms with van der Waals surface area (Å²) in [6.45, 7) is 25.9. The highest BCUT2D eigenvalue weighted by molar-refractivity contribution is 5.86. The number of hydrogen-bond donors (Lipinski definition) is 0. The summed E-state index contributed by atoms with van der Waals surface area (Å²) in [5.74, 6) is 2.11. The van der Waals surface area contributed by atoms with Crippen molar-refractivity contribution in [2.75, 3.05) is 4.90 Å². The number of aliphatic imine (C=N–C) groups is 1. The second kappa shape index (κ2) is 19.9. The van der Waals surface area contributed by atoms with Crippen LogP contribution in [0.15, 0.2) is 162 Å². The molecule has 0 saturated heterocycles. The quantitative estimate of drug-likeness (QED) is 0.106. The van der Waals surface area contributed by atoms with Crippen LogP contribution < -0.4 is 15.7 Å². The molecular weight excluding hydrogens is 775 g/mol. The van der Waals surface area contributed by atoms with Crippen molar-refractivity contribution in [1.82, 2.24) is 34.1 Å². The SMILES string of the molecule is C=Nc1cccnc1N(Cc1cc(-c2nc3cccnc3n2C2=C(C)CC=CC=C2)cc(-c2nc(=C)cccnc(=C)n2-c2ccccc2C)c1C)C1C=C/C=C\C/C=C\1C.CC. The van der Waals surface area contributed by atoms with Crippen molar-refractivity contribution in [2.45, 2.75) is 67.0 Å². The van der Waals surface area contributed by atoms with Gasteiger partial charge < -0.3 is 4.90 Å². The van der Waals surface area contributed by atoms with Gasteiger partial charge in [-0.1, -0.05) is 99.4 Å². The van der Waals surface area contributed by atoms with Crippen LogP contribution in [0, 0.1) is 13.8 Å². The third kappa shape index (κ3) is 9.23. The van der Waals surface area contributed by atoms with Crippen molar-refractivity contribution in [1.29, 1.82) is 0 Å². The van der Waals surface area contributed by atoms with E-state index in [1.165, 1.54) is 11.1 Å². The summed E-state index contributed by atoms with van der Waals surface area (Å²) in [6.07, 6.45) is 26.4. The minimum Gasteiger partial charge on any atom is -0.340 e. The van der Waals surface area contributed by atoms with E-state index in [0.29, 0.717) is 28.9 Å². The zero-order valence-corrected chi connectivity index (χ0v) is 37.2. The predicted molar refractivity (Wildman–Crippen MR) is 264 cm³/mol. The van der Waals surface area contributed by atoms with E-state index in [4.69, 9.17) is 24.9 Å². The largest absolute Gasteiger partial charge is 0.340 e. The zero-order chi connectivity index (χ0) is 44.5. The molecule has 0 N–H and O–H groups in total. The van der Waals surface area contributed by atoms with Gasteiger partial charge in [-0.05, 0) is 130 Å². The molecule has 9 heteroatoms. The maximum absolute atomic E-state index is 5.35. The molecule has 0 aliphatic heterocycles. The molecule has 8 rings (SSSR count). The summed E-state index contributed by atoms with van der Waals surface area (Å²) in [5.41, 5.74) is 11.9. The van der Waals surface area contributed by atoms with E-state index in [9.17, 15) is 0 Å². The summed E-state index contributed by atoms with van der Waals surface area (Å²) in [7, 11) is 0. The Morgan fingerprint density at radius 2 is 1.54 bits per heavy atom. The van der Waals surface area contributed by atoms with Crippen LogP contribution in [0.3, 0.4) is 0 Å². The monoisotopic (exact) mass is 829 g/mol. The lowest BCUT2D eigenvalue weighted by Gasteiger charge is -2.34. The molecule has 316 valence electrons. The van der Waals surface area contributed by atoms with Gasteiger partial charge >= 0.3 is 0 Å². The van der Waals surface area contributed by atoms with Crippen molar-refractivity contribution in [3.8, 4) is 28.5 Å². The Balaban J connectivity index is 0.00000293. The molecule has 0 fully saturated rings. The van der Waals surface area contributed by atoms with Crippen molar-refractivity contribution >= 4 is 48.2 Å². The van der Waals surface area contributed by atoms with Crippen molar-refractivity contribution in [3.05, 3.63) is 185 Å². The Kier molecular flexibility index (Phi) is 13.8. The molecule has 2 aromatic carbocycles. The van der Waals surface area contributed by atoms with Gasteiger partial charge in [-0.3, -0.25) is 14.1 Å². The molecule has 6 aromatic rings. The number of aromatic nitrogens is 7. The average molecular weight is 830 g/mol. The van der Waals surface area contributed by atoms with Crippen LogP contribution >= 0.6 is 0 Å². The first-order valence-electron chi connectivity index (χ1n) is 21.5. The summed E-state index contributed by atoms with van der Waals surface area (Å²) in [6, 6.07) is 24.0. The van der Waals surface area contributed by atoms with E-state index in [-0.39, 0.29) is 6.04 Å². The van der Waals surface area contributed by atoms with Gasteiger partial charge in [-0.25, -0.2) is 24.9 Å². The highest BCUT2D eigenvalue weighted by Crippen LogP contribution is 2.38. The van der Waals surface area contributed by atoms with Gasteiger partial charge in [0.25, 0.3) is 0 Å². The lowest BCUT2D eigenvalue weighted by molar-refractivity contribution is 0.733. The molecule has 2 aliphatic rings. The van der Waals surface area contributed by atoms with Crippen LogP contribution in [0.4, 0.5) is 11.5 Å². The molecule has 1 atom stereocenters. The van der Waals surface area contributed by atoms with Gasteiger partial charge in [0, 0.05) is 42.0 Å². The fraction of sp³-hybridized carbons (Fsp3) is 0.185. The number of anilines is 1. The number of imidazole rings is 1. The van der Waals surface area contributed by atoms with E-state index in [1.54, 1.807) is 6.20 Å². The van der Waals surface area contributed by atoms with E-state index >= 15 is 0 Å². The standard InChI is InChI=1S/C52H49N9.C2H6/c1-35-20-11-8-9-13-26-46(35)59(51-44(53-7)24-18-30-55-51)34-42-32-41(49-58-45-25-19-31-56-52(45)61(49)48-27-14-10-12-21-37(48)3)33-43(39(42)5)50-57-38(4)23-17-29-54-40(6)60(50)47-28-16-15-22-36(47)2;1-2/h8-10,12-20,22-33,46H,4,6-7,11,21,34H2,1-3,5H3;1-2H3/b9-8-,23-17?,26-13?,35-20-,54-29?,57-50?;. The molecule has 0 spiro atoms. The van der Waals surface area contributed by atoms with E-state index < -0.39 is 0 Å². The molecule has 9 nitrogen and oxygen atoms in total. The van der Waals surface area contributed by atoms with Gasteiger partial charge in [0.15, 0.2) is 11.5 Å². The van der Waals surface area contributed by atoms with Crippen LogP contribution in [0.2, 0.25) is 0 Å². The number of pyridine rings is 2. The number of fused-ring (bicyclic) bond motifs is 1. The third-order valence-electron chi connectivity index (χ3n) is 11.2. The molecule has 4 aromatic heterocycles. The summed E-state index contributed by atoms with van der Waals surface area (Å²) < 4.78 is 4.22. The fourth-order valence-corrected chi connectivity index (χ4v) is 7.98. The first kappa shape index (κ1) is 43.6. The summed E-state index contributed by atoms with van der Waals surface area (Å²) >= 11 is 0. The number of para-hydroxylation sites is 1. The van der Waals surface area contributed by atoms with Gasteiger partial charge in [0.1, 0.15) is 28.3 Å². The fourth-order valence-electron chi connectivity index (χ4n) is 7.98. The van der Waals surface area contributed by atoms with Gasteiger partial charge in [0.2, 0.25) is 0 Å². The van der Waals surface area contributed by atoms with Gasteiger partial charge in [-0.2, -0.15) is 0 Å². The number of hydrogen-bond acceptors (Lipinski definition) is 7. The molecule has 1 unspecified atom stereocenters. The molecule has 0 radical (unpaired) electrons. The van der Waals surface area contributed by atoms with Gasteiger partial charge in [0.05, 0.1) is 17.1 Å². The molecule has 63 heavy (non-hydrogen) atoms. The molecule has 2 aliphatic carbocycles. The Hall–Kier alpha value is -7.52. The number of allylic oxidation sites excluding steroid dienone is 10. The highest BCUT2D eigenvalue weighted by atomic mass is 15.2. The molecule has 0 saturated carbocycles. The first-order chi connectivity index (χ1) is 30.7. The smallest absolute Gasteiger partial charge is 0.164 e. The highest BCUT2D eigenvalue weighted by Gasteiger charge is 2.27. The molecule has 0 bridgehead atoms. The minimum atomic E-state index is -0.137. The maximum atomic E-state index is 5.35. The lowest BCUT2D eigenvalue weighted by Crippen LogP contribution is -2.35. The van der Waals surface area contributed by atoms with Crippen molar-refractivity contribution in [2.24, 2.45) is 4.99 Å². The van der Waals surface area contributed by atoms with Crippen LogP contribution in [0.5, 0.6) is 0 Å². The zero-order valence-electron chi connectivity index (χ0n) is 37.2. The Morgan fingerprint density at radius 3 is 2.37 bits per heavy atom. The lowest BCUT2D eigenvalue weighted by atomic mass is 9.95. The Labute approximate surface area is 371 Å². The Bertz CT molecular complexity index is 3030. The normalized spacial score (nSPS) is 15.9. The van der Waals surface area contributed by atoms with Crippen molar-refractivity contribution in [3.63, 3.8) is 0 Å². The Morgan fingerprint density at radius 1 is 0.778 bits per heavy atom. The molecule has 4 heterocycles. The number of benzene rings is 2. The second-order valence-corrected chi connectivity index (χ2v) is 15.3.